The van der Waals surface area contributed by atoms with Crippen molar-refractivity contribution in [2.45, 2.75) is 159 Å². The number of carbonyl (C=O) groups is 4. The largest absolute Gasteiger partial charge is 0.460 e. The van der Waals surface area contributed by atoms with E-state index < -0.39 is 230 Å². The van der Waals surface area contributed by atoms with Crippen LogP contribution in [-0.4, -0.2) is 193 Å². The summed E-state index contributed by atoms with van der Waals surface area (Å²) >= 11 is -0.953. The van der Waals surface area contributed by atoms with Gasteiger partial charge in [-0.1, -0.05) is 0 Å². The minimum atomic E-state index is -8.90. The molecule has 0 radical (unpaired) electrons. The van der Waals surface area contributed by atoms with Gasteiger partial charge in [-0.3, -0.25) is 19.2 Å². The molecule has 4 atom stereocenters. The van der Waals surface area contributed by atoms with Crippen molar-refractivity contribution in [1.29, 1.82) is 0 Å². The molecule has 0 saturated heterocycles. The first-order valence-electron chi connectivity index (χ1n) is 21.5. The third kappa shape index (κ3) is 16.5. The molecule has 47 heteroatoms. The van der Waals surface area contributed by atoms with E-state index in [-0.39, 0.29) is 0 Å². The van der Waals surface area contributed by atoms with E-state index in [4.69, 9.17) is 14.2 Å². The van der Waals surface area contributed by atoms with E-state index in [1.54, 1.807) is 0 Å². The van der Waals surface area contributed by atoms with Crippen LogP contribution < -0.4 is 0 Å². The maximum atomic E-state index is 14.5. The van der Waals surface area contributed by atoms with Gasteiger partial charge < -0.3 is 33.2 Å². The van der Waals surface area contributed by atoms with Gasteiger partial charge in [0, 0.05) is 52.0 Å². The Kier molecular flexibility index (Phi) is 26.2. The second kappa shape index (κ2) is 27.4. The van der Waals surface area contributed by atoms with Crippen LogP contribution in [0.2, 0.25) is 0 Å². The number of carbonyl (C=O) groups excluding carboxylic acids is 4. The minimum Gasteiger partial charge on any atom is -0.455 e. The van der Waals surface area contributed by atoms with E-state index in [0.29, 0.717) is 27.7 Å². The third-order valence-corrected chi connectivity index (χ3v) is 12.4. The van der Waals surface area contributed by atoms with Crippen molar-refractivity contribution >= 4 is 47.4 Å². The molecular weight excluding hydrogens is 1340 g/mol. The lowest BCUT2D eigenvalue weighted by Crippen LogP contribution is -2.74. The van der Waals surface area contributed by atoms with E-state index in [1.807, 2.05) is 0 Å². The second-order valence-electron chi connectivity index (χ2n) is 16.6. The van der Waals surface area contributed by atoms with Gasteiger partial charge in [-0.05, 0) is 0 Å². The summed E-state index contributed by atoms with van der Waals surface area (Å²) < 4.78 is 498. The van der Waals surface area contributed by atoms with Crippen LogP contribution in [0.4, 0.5) is 149 Å². The lowest BCUT2D eigenvalue weighted by molar-refractivity contribution is -0.461. The maximum Gasteiger partial charge on any atom is 0.460 e. The summed E-state index contributed by atoms with van der Waals surface area (Å²) in [5, 5.41) is 0. The Morgan fingerprint density at radius 3 is 0.706 bits per heavy atom. The summed E-state index contributed by atoms with van der Waals surface area (Å²) in [4.78, 5) is 46.8. The predicted octanol–water partition coefficient (Wildman–Crippen LogP) is 12.9. The molecule has 0 fully saturated rings. The molecule has 0 saturated carbocycles. The molecule has 0 aliphatic carbocycles. The second-order valence-corrected chi connectivity index (χ2v) is 19.0. The normalized spacial score (nSPS) is 16.4. The molecule has 0 aliphatic rings. The molecule has 0 N–H and O–H groups in total. The molecule has 0 aliphatic heterocycles. The maximum absolute atomic E-state index is 14.5. The quantitative estimate of drug-likeness (QED) is 0.0194. The third-order valence-electron chi connectivity index (χ3n) is 10.1. The van der Waals surface area contributed by atoms with Gasteiger partial charge >= 0.3 is 119 Å². The summed E-state index contributed by atoms with van der Waals surface area (Å²) in [5.41, 5.74) is -4.67. The van der Waals surface area contributed by atoms with Crippen LogP contribution in [0, 0.1) is 0 Å². The number of ether oxygens (including phenoxy) is 7. The average Bonchev–Trinajstić information content (AvgIpc) is 1.36. The number of hydrogen-bond acceptors (Lipinski definition) is 13. The minimum absolute atomic E-state index is 0.476. The van der Waals surface area contributed by atoms with Crippen LogP contribution in [0.15, 0.2) is 0 Å². The Morgan fingerprint density at radius 1 is 0.294 bits per heavy atom. The topological polar surface area (TPSA) is 133 Å². The molecule has 0 aromatic carbocycles. The number of halogens is 34. The highest BCUT2D eigenvalue weighted by Crippen LogP contribution is 2.66. The van der Waals surface area contributed by atoms with Gasteiger partial charge in [-0.2, -0.15) is 149 Å². The summed E-state index contributed by atoms with van der Waals surface area (Å²) in [6.07, 6.45) is -26.3. The van der Waals surface area contributed by atoms with Gasteiger partial charge in [0.1, 0.15) is 0 Å². The fraction of sp³-hybridized carbons (Fsp3) is 0.895. The first-order chi connectivity index (χ1) is 37.4. The smallest absolute Gasteiger partial charge is 0.455 e. The van der Waals surface area contributed by atoms with Gasteiger partial charge in [-0.15, -0.1) is 23.5 Å². The average molecular weight is 1380 g/mol. The standard InChI is InChI=1S/C38H36F34O11S2/c1-15(73)80-19(21(82-17(3)75)84-11-5-23(39,40)25(43,44)27(47,48)29(51,52)31(55,56)33(59,60)35(63,64)37(67,68)69)13-78-9-7-77-8-10-79-14-20(81-16(2)74)22(83-18(4)76)85-12-6-24(41,42)26(45,46)28(49,50)30(53,54)32(57,58)34(61,62)36(65,66)38(70,71)72/h19-22H,5-14H2,1-4H3. The van der Waals surface area contributed by atoms with Crippen LogP contribution >= 0.6 is 23.5 Å². The van der Waals surface area contributed by atoms with Crippen molar-refractivity contribution in [1.82, 2.24) is 0 Å². The summed E-state index contributed by atoms with van der Waals surface area (Å²) in [5.74, 6) is -127. The van der Waals surface area contributed by atoms with Crippen LogP contribution in [0.3, 0.4) is 0 Å². The summed E-state index contributed by atoms with van der Waals surface area (Å²) in [6, 6.07) is 0. The van der Waals surface area contributed by atoms with Crippen LogP contribution in [-0.2, 0) is 52.3 Å². The highest BCUT2D eigenvalue weighted by molar-refractivity contribution is 8.00. The Labute approximate surface area is 459 Å². The number of hydrogen-bond donors (Lipinski definition) is 0. The van der Waals surface area contributed by atoms with Crippen LogP contribution in [0.5, 0.6) is 0 Å². The van der Waals surface area contributed by atoms with Crippen molar-refractivity contribution < 1.29 is 202 Å². The lowest BCUT2D eigenvalue weighted by Gasteiger charge is -2.42. The van der Waals surface area contributed by atoms with Gasteiger partial charge in [0.15, 0.2) is 23.1 Å². The molecule has 0 rings (SSSR count). The van der Waals surface area contributed by atoms with Gasteiger partial charge in [0.2, 0.25) is 0 Å². The monoisotopic (exact) mass is 1380 g/mol. The molecule has 0 heterocycles. The number of alkyl halides is 34. The zero-order valence-corrected chi connectivity index (χ0v) is 43.2. The van der Waals surface area contributed by atoms with E-state index in [1.165, 1.54) is 0 Å². The predicted molar refractivity (Wildman–Crippen MR) is 210 cm³/mol. The molecule has 0 aromatic heterocycles. The Morgan fingerprint density at radius 2 is 0.494 bits per heavy atom. The number of thioether (sulfide) groups is 2. The van der Waals surface area contributed by atoms with E-state index >= 15 is 0 Å². The highest BCUT2D eigenvalue weighted by Gasteiger charge is 2.97. The van der Waals surface area contributed by atoms with E-state index in [9.17, 15) is 168 Å². The SMILES string of the molecule is CC(=O)OC(COCCOCCOCC(OC(C)=O)C(OC(C)=O)SCCC(F)(F)C(F)(F)C(F)(F)C(F)(F)C(F)(F)C(F)(F)C(F)(F)C(F)(F)F)C(OC(C)=O)SCCC(F)(F)C(F)(F)C(F)(F)C(F)(F)C(F)(F)C(F)(F)C(F)(F)C(F)(F)F. The lowest BCUT2D eigenvalue weighted by atomic mass is 9.88. The van der Waals surface area contributed by atoms with Crippen molar-refractivity contribution in [3.8, 4) is 0 Å². The molecule has 85 heavy (non-hydrogen) atoms. The summed E-state index contributed by atoms with van der Waals surface area (Å²) in [7, 11) is 0. The molecular formula is C38H36F34O11S2. The zero-order chi connectivity index (χ0) is 68.1. The molecule has 504 valence electrons. The Hall–Kier alpha value is -3.92. The van der Waals surface area contributed by atoms with Crippen molar-refractivity contribution in [3.63, 3.8) is 0 Å². The number of esters is 4. The molecule has 4 unspecified atom stereocenters. The fourth-order valence-corrected chi connectivity index (χ4v) is 7.89. The van der Waals surface area contributed by atoms with Crippen molar-refractivity contribution in [2.24, 2.45) is 0 Å². The zero-order valence-electron chi connectivity index (χ0n) is 41.5. The van der Waals surface area contributed by atoms with Gasteiger partial charge in [0.25, 0.3) is 0 Å². The first kappa shape index (κ1) is 81.1. The van der Waals surface area contributed by atoms with Crippen LogP contribution in [0.25, 0.3) is 0 Å². The van der Waals surface area contributed by atoms with Gasteiger partial charge in [0.05, 0.1) is 39.6 Å². The fourth-order valence-electron chi connectivity index (χ4n) is 5.57. The molecule has 11 nitrogen and oxygen atoms in total. The Bertz CT molecular complexity index is 2080. The molecule has 0 aromatic rings. The van der Waals surface area contributed by atoms with E-state index in [0.717, 1.165) is 0 Å². The van der Waals surface area contributed by atoms with Crippen molar-refractivity contribution in [3.05, 3.63) is 0 Å². The molecule has 0 spiro atoms. The van der Waals surface area contributed by atoms with Crippen molar-refractivity contribution in [2.75, 3.05) is 51.1 Å². The molecule has 0 bridgehead atoms. The number of rotatable bonds is 36. The summed E-state index contributed by atoms with van der Waals surface area (Å²) in [6.45, 7) is -3.09. The van der Waals surface area contributed by atoms with Crippen LogP contribution in [0.1, 0.15) is 40.5 Å². The first-order valence-corrected chi connectivity index (χ1v) is 23.6. The molecule has 0 amide bonds. The Balaban J connectivity index is 6.04. The van der Waals surface area contributed by atoms with Gasteiger partial charge in [-0.25, -0.2) is 0 Å². The highest BCUT2D eigenvalue weighted by atomic mass is 32.2. The van der Waals surface area contributed by atoms with E-state index in [2.05, 4.69) is 18.9 Å².